The van der Waals surface area contributed by atoms with Crippen LogP contribution in [0, 0.1) is 16.0 Å². The van der Waals surface area contributed by atoms with E-state index in [1.807, 2.05) is 30.3 Å². The van der Waals surface area contributed by atoms with Crippen molar-refractivity contribution in [3.05, 3.63) is 75.8 Å². The molecule has 2 amide bonds. The summed E-state index contributed by atoms with van der Waals surface area (Å²) in [5, 5.41) is 16.5. The highest BCUT2D eigenvalue weighted by Crippen LogP contribution is 2.27. The number of amides is 2. The molecule has 0 aliphatic rings. The molecule has 0 bridgehead atoms. The highest BCUT2D eigenvalue weighted by molar-refractivity contribution is 5.94. The second-order valence-electron chi connectivity index (χ2n) is 6.84. The van der Waals surface area contributed by atoms with Crippen molar-refractivity contribution >= 4 is 17.5 Å². The van der Waals surface area contributed by atoms with Gasteiger partial charge in [-0.1, -0.05) is 57.0 Å². The van der Waals surface area contributed by atoms with Gasteiger partial charge in [-0.05, 0) is 23.6 Å². The molecule has 0 saturated heterocycles. The van der Waals surface area contributed by atoms with Crippen molar-refractivity contribution in [2.45, 2.75) is 39.2 Å². The quantitative estimate of drug-likeness (QED) is 0.467. The topological polar surface area (TPSA) is 101 Å². The van der Waals surface area contributed by atoms with E-state index in [1.165, 1.54) is 24.3 Å². The van der Waals surface area contributed by atoms with E-state index in [-0.39, 0.29) is 36.5 Å². The first-order valence-corrected chi connectivity index (χ1v) is 9.83. The second-order valence-corrected chi connectivity index (χ2v) is 6.84. The summed E-state index contributed by atoms with van der Waals surface area (Å²) >= 11 is 0. The number of hydrogen-bond donors (Lipinski definition) is 2. The van der Waals surface area contributed by atoms with Crippen LogP contribution >= 0.6 is 0 Å². The molecule has 2 aromatic rings. The summed E-state index contributed by atoms with van der Waals surface area (Å²) in [6.07, 6.45) is 2.06. The van der Waals surface area contributed by atoms with Crippen LogP contribution in [-0.2, 0) is 4.79 Å². The van der Waals surface area contributed by atoms with Gasteiger partial charge in [0.25, 0.3) is 11.6 Å². The lowest BCUT2D eigenvalue weighted by Crippen LogP contribution is -2.35. The molecule has 0 aromatic heterocycles. The van der Waals surface area contributed by atoms with E-state index in [9.17, 15) is 19.7 Å². The van der Waals surface area contributed by atoms with Crippen LogP contribution in [0.25, 0.3) is 0 Å². The molecule has 0 aliphatic heterocycles. The molecule has 7 nitrogen and oxygen atoms in total. The van der Waals surface area contributed by atoms with Gasteiger partial charge in [0.05, 0.1) is 11.0 Å². The summed E-state index contributed by atoms with van der Waals surface area (Å²) in [4.78, 5) is 34.8. The monoisotopic (exact) mass is 397 g/mol. The Morgan fingerprint density at radius 2 is 1.62 bits per heavy atom. The van der Waals surface area contributed by atoms with Crippen LogP contribution in [0.4, 0.5) is 5.69 Å². The zero-order valence-electron chi connectivity index (χ0n) is 16.8. The van der Waals surface area contributed by atoms with Crippen LogP contribution < -0.4 is 10.6 Å². The number of nitrogens with one attached hydrogen (secondary N) is 2. The number of non-ortho nitro benzene ring substituents is 1. The fourth-order valence-corrected chi connectivity index (χ4v) is 3.27. The number of hydrogen-bond acceptors (Lipinski definition) is 4. The van der Waals surface area contributed by atoms with Gasteiger partial charge in [-0.2, -0.15) is 0 Å². The maximum absolute atomic E-state index is 12.5. The van der Waals surface area contributed by atoms with Crippen molar-refractivity contribution in [2.24, 2.45) is 5.92 Å². The molecule has 0 radical (unpaired) electrons. The summed E-state index contributed by atoms with van der Waals surface area (Å²) < 4.78 is 0. The van der Waals surface area contributed by atoms with E-state index >= 15 is 0 Å². The van der Waals surface area contributed by atoms with E-state index in [2.05, 4.69) is 24.5 Å². The van der Waals surface area contributed by atoms with Crippen molar-refractivity contribution in [1.29, 1.82) is 0 Å². The summed E-state index contributed by atoms with van der Waals surface area (Å²) in [5.41, 5.74) is 1.31. The summed E-state index contributed by atoms with van der Waals surface area (Å²) in [6.45, 7) is 4.41. The predicted octanol–water partition coefficient (Wildman–Crippen LogP) is 4.01. The lowest BCUT2D eigenvalue weighted by molar-refractivity contribution is -0.384. The molecular weight excluding hydrogens is 370 g/mol. The maximum Gasteiger partial charge on any atom is 0.269 e. The van der Waals surface area contributed by atoms with Crippen LogP contribution in [0.2, 0.25) is 0 Å². The van der Waals surface area contributed by atoms with Crippen molar-refractivity contribution < 1.29 is 14.5 Å². The van der Waals surface area contributed by atoms with Crippen molar-refractivity contribution in [2.75, 3.05) is 6.54 Å². The normalized spacial score (nSPS) is 11.7. The van der Waals surface area contributed by atoms with E-state index < -0.39 is 4.92 Å². The minimum Gasteiger partial charge on any atom is -0.352 e. The lowest BCUT2D eigenvalue weighted by Gasteiger charge is -2.27. The molecule has 2 rings (SSSR count). The third kappa shape index (κ3) is 6.41. The molecule has 0 aliphatic carbocycles. The number of nitro groups is 1. The van der Waals surface area contributed by atoms with Crippen LogP contribution in [0.3, 0.4) is 0 Å². The first-order valence-electron chi connectivity index (χ1n) is 9.83. The van der Waals surface area contributed by atoms with E-state index in [0.717, 1.165) is 18.4 Å². The average Bonchev–Trinajstić information content (AvgIpc) is 2.74. The second kappa shape index (κ2) is 10.9. The maximum atomic E-state index is 12.5. The minimum absolute atomic E-state index is 0.0657. The smallest absolute Gasteiger partial charge is 0.269 e. The average molecular weight is 397 g/mol. The Labute approximate surface area is 170 Å². The largest absolute Gasteiger partial charge is 0.352 e. The van der Waals surface area contributed by atoms with E-state index in [0.29, 0.717) is 11.5 Å². The third-order valence-corrected chi connectivity index (χ3v) is 4.97. The van der Waals surface area contributed by atoms with Gasteiger partial charge in [-0.15, -0.1) is 0 Å². The molecule has 0 saturated carbocycles. The highest BCUT2D eigenvalue weighted by Gasteiger charge is 2.22. The summed E-state index contributed by atoms with van der Waals surface area (Å²) in [6, 6.07) is 15.2. The fraction of sp³-hybridized carbons (Fsp3) is 0.364. The van der Waals surface area contributed by atoms with Crippen molar-refractivity contribution in [3.8, 4) is 0 Å². The molecular formula is C22H27N3O4. The highest BCUT2D eigenvalue weighted by atomic mass is 16.6. The Morgan fingerprint density at radius 3 is 2.17 bits per heavy atom. The fourth-order valence-electron chi connectivity index (χ4n) is 3.27. The van der Waals surface area contributed by atoms with Crippen molar-refractivity contribution in [3.63, 3.8) is 0 Å². The molecule has 2 aromatic carbocycles. The molecule has 1 atom stereocenters. The Hall–Kier alpha value is -3.22. The van der Waals surface area contributed by atoms with E-state index in [1.54, 1.807) is 0 Å². The molecule has 29 heavy (non-hydrogen) atoms. The molecule has 0 spiro atoms. The zero-order valence-corrected chi connectivity index (χ0v) is 16.8. The van der Waals surface area contributed by atoms with Gasteiger partial charge in [0.1, 0.15) is 0 Å². The molecule has 0 fully saturated rings. The molecule has 1 unspecified atom stereocenters. The number of nitrogens with zero attached hydrogens (tertiary/aromatic N) is 1. The van der Waals surface area contributed by atoms with Crippen LogP contribution in [0.1, 0.15) is 55.1 Å². The van der Waals surface area contributed by atoms with Crippen LogP contribution in [0.5, 0.6) is 0 Å². The summed E-state index contributed by atoms with van der Waals surface area (Å²) in [7, 11) is 0. The Morgan fingerprint density at radius 1 is 1.00 bits per heavy atom. The number of carbonyl (C=O) groups is 2. The Bertz CT molecular complexity index is 818. The molecule has 2 N–H and O–H groups in total. The van der Waals surface area contributed by atoms with Gasteiger partial charge in [0.2, 0.25) is 5.91 Å². The Kier molecular flexibility index (Phi) is 8.33. The zero-order chi connectivity index (χ0) is 21.2. The predicted molar refractivity (Wildman–Crippen MR) is 111 cm³/mol. The molecule has 0 heterocycles. The third-order valence-electron chi connectivity index (χ3n) is 4.97. The SMILES string of the molecule is CCC(CC)C(NC(=O)CCNC(=O)c1ccc([N+](=O)[O-])cc1)c1ccccc1. The number of rotatable bonds is 10. The van der Waals surface area contributed by atoms with Gasteiger partial charge < -0.3 is 10.6 Å². The minimum atomic E-state index is -0.519. The first-order chi connectivity index (χ1) is 14.0. The number of benzene rings is 2. The molecule has 154 valence electrons. The van der Waals surface area contributed by atoms with Gasteiger partial charge in [-0.3, -0.25) is 19.7 Å². The van der Waals surface area contributed by atoms with Gasteiger partial charge in [-0.25, -0.2) is 0 Å². The van der Waals surface area contributed by atoms with Crippen LogP contribution in [-0.4, -0.2) is 23.3 Å². The van der Waals surface area contributed by atoms with Crippen molar-refractivity contribution in [1.82, 2.24) is 10.6 Å². The van der Waals surface area contributed by atoms with E-state index in [4.69, 9.17) is 0 Å². The standard InChI is InChI=1S/C22H27N3O4/c1-3-16(4-2)21(17-8-6-5-7-9-17)24-20(26)14-15-23-22(27)18-10-12-19(13-11-18)25(28)29/h5-13,16,21H,3-4,14-15H2,1-2H3,(H,23,27)(H,24,26). The van der Waals surface area contributed by atoms with Gasteiger partial charge in [0.15, 0.2) is 0 Å². The van der Waals surface area contributed by atoms with Crippen LogP contribution in [0.15, 0.2) is 54.6 Å². The van der Waals surface area contributed by atoms with Gasteiger partial charge >= 0.3 is 0 Å². The summed E-state index contributed by atoms with van der Waals surface area (Å²) in [5.74, 6) is -0.168. The Balaban J connectivity index is 1.90. The number of carbonyl (C=O) groups excluding carboxylic acids is 2. The lowest BCUT2D eigenvalue weighted by atomic mass is 9.88. The molecule has 7 heteroatoms. The van der Waals surface area contributed by atoms with Gasteiger partial charge in [0, 0.05) is 30.7 Å². The first kappa shape index (κ1) is 22.1. The number of nitro benzene ring substituents is 1.